The van der Waals surface area contributed by atoms with Gasteiger partial charge in [0.1, 0.15) is 5.82 Å². The molecular formula is C12H20N4. The molecule has 1 aromatic rings. The summed E-state index contributed by atoms with van der Waals surface area (Å²) >= 11 is 0. The standard InChI is InChI=1S/C12H20N4/c1-9-4-3-6-16(7-5-9)11-8-10(2)14-12(13)15-11/h8-9H,3-7H2,1-2H3,(H2,13,14,15). The van der Waals surface area contributed by atoms with Crippen molar-refractivity contribution in [2.75, 3.05) is 23.7 Å². The van der Waals surface area contributed by atoms with Crippen LogP contribution in [0.4, 0.5) is 11.8 Å². The van der Waals surface area contributed by atoms with E-state index in [9.17, 15) is 0 Å². The lowest BCUT2D eigenvalue weighted by Gasteiger charge is -2.21. The predicted octanol–water partition coefficient (Wildman–Crippen LogP) is 1.99. The fourth-order valence-corrected chi connectivity index (χ4v) is 2.23. The molecule has 0 saturated carbocycles. The summed E-state index contributed by atoms with van der Waals surface area (Å²) in [5.74, 6) is 2.19. The minimum atomic E-state index is 0.382. The van der Waals surface area contributed by atoms with Gasteiger partial charge >= 0.3 is 0 Å². The van der Waals surface area contributed by atoms with Gasteiger partial charge < -0.3 is 10.6 Å². The Kier molecular flexibility index (Phi) is 3.27. The van der Waals surface area contributed by atoms with Crippen molar-refractivity contribution in [2.24, 2.45) is 5.92 Å². The van der Waals surface area contributed by atoms with Gasteiger partial charge in [-0.25, -0.2) is 4.98 Å². The number of nitrogen functional groups attached to an aromatic ring is 1. The maximum Gasteiger partial charge on any atom is 0.222 e. The number of aromatic nitrogens is 2. The van der Waals surface area contributed by atoms with E-state index in [0.29, 0.717) is 5.95 Å². The average molecular weight is 220 g/mol. The van der Waals surface area contributed by atoms with E-state index in [2.05, 4.69) is 21.8 Å². The first-order valence-electron chi connectivity index (χ1n) is 6.01. The van der Waals surface area contributed by atoms with Crippen molar-refractivity contribution < 1.29 is 0 Å². The fourth-order valence-electron chi connectivity index (χ4n) is 2.23. The summed E-state index contributed by atoms with van der Waals surface area (Å²) in [5.41, 5.74) is 6.63. The second-order valence-electron chi connectivity index (χ2n) is 4.75. The predicted molar refractivity (Wildman–Crippen MR) is 66.4 cm³/mol. The fraction of sp³-hybridized carbons (Fsp3) is 0.667. The van der Waals surface area contributed by atoms with Crippen molar-refractivity contribution in [3.8, 4) is 0 Å². The van der Waals surface area contributed by atoms with Gasteiger partial charge in [0.25, 0.3) is 0 Å². The molecular weight excluding hydrogens is 200 g/mol. The van der Waals surface area contributed by atoms with Gasteiger partial charge in [-0.2, -0.15) is 4.98 Å². The molecule has 4 nitrogen and oxygen atoms in total. The van der Waals surface area contributed by atoms with Crippen LogP contribution in [-0.4, -0.2) is 23.1 Å². The molecule has 1 saturated heterocycles. The minimum Gasteiger partial charge on any atom is -0.368 e. The molecule has 1 fully saturated rings. The number of nitrogens with two attached hydrogens (primary N) is 1. The van der Waals surface area contributed by atoms with Crippen LogP contribution in [0.3, 0.4) is 0 Å². The summed E-state index contributed by atoms with van der Waals surface area (Å²) in [5, 5.41) is 0. The number of rotatable bonds is 1. The third-order valence-corrected chi connectivity index (χ3v) is 3.20. The molecule has 2 N–H and O–H groups in total. The van der Waals surface area contributed by atoms with Crippen molar-refractivity contribution in [1.29, 1.82) is 0 Å². The zero-order valence-corrected chi connectivity index (χ0v) is 10.1. The monoisotopic (exact) mass is 220 g/mol. The van der Waals surface area contributed by atoms with Crippen molar-refractivity contribution in [3.63, 3.8) is 0 Å². The normalized spacial score (nSPS) is 21.9. The second kappa shape index (κ2) is 4.68. The zero-order chi connectivity index (χ0) is 11.5. The number of anilines is 2. The Morgan fingerprint density at radius 2 is 2.12 bits per heavy atom. The van der Waals surface area contributed by atoms with Crippen LogP contribution in [0.25, 0.3) is 0 Å². The van der Waals surface area contributed by atoms with Crippen LogP contribution in [0.5, 0.6) is 0 Å². The Morgan fingerprint density at radius 1 is 1.31 bits per heavy atom. The molecule has 0 spiro atoms. The second-order valence-corrected chi connectivity index (χ2v) is 4.75. The number of hydrogen-bond acceptors (Lipinski definition) is 4. The zero-order valence-electron chi connectivity index (χ0n) is 10.1. The first kappa shape index (κ1) is 11.2. The lowest BCUT2D eigenvalue weighted by atomic mass is 10.0. The highest BCUT2D eigenvalue weighted by atomic mass is 15.2. The van der Waals surface area contributed by atoms with E-state index in [1.807, 2.05) is 13.0 Å². The Bertz CT molecular complexity index is 344. The molecule has 0 aliphatic carbocycles. The summed E-state index contributed by atoms with van der Waals surface area (Å²) in [7, 11) is 0. The molecule has 2 heterocycles. The van der Waals surface area contributed by atoms with Crippen LogP contribution >= 0.6 is 0 Å². The number of aryl methyl sites for hydroxylation is 1. The summed E-state index contributed by atoms with van der Waals surface area (Å²) < 4.78 is 0. The van der Waals surface area contributed by atoms with Crippen molar-refractivity contribution in [2.45, 2.75) is 33.1 Å². The van der Waals surface area contributed by atoms with Gasteiger partial charge in [-0.3, -0.25) is 0 Å². The van der Waals surface area contributed by atoms with Crippen molar-refractivity contribution in [1.82, 2.24) is 9.97 Å². The first-order chi connectivity index (χ1) is 7.65. The van der Waals surface area contributed by atoms with E-state index in [1.165, 1.54) is 19.3 Å². The van der Waals surface area contributed by atoms with E-state index in [0.717, 1.165) is 30.5 Å². The third kappa shape index (κ3) is 2.62. The SMILES string of the molecule is Cc1cc(N2CCCC(C)CC2)nc(N)n1. The van der Waals surface area contributed by atoms with Gasteiger partial charge in [0.05, 0.1) is 0 Å². The largest absolute Gasteiger partial charge is 0.368 e. The minimum absolute atomic E-state index is 0.382. The maximum atomic E-state index is 5.68. The van der Waals surface area contributed by atoms with Gasteiger partial charge in [-0.1, -0.05) is 6.92 Å². The van der Waals surface area contributed by atoms with Crippen LogP contribution < -0.4 is 10.6 Å². The average Bonchev–Trinajstić information content (AvgIpc) is 2.41. The molecule has 88 valence electrons. The molecule has 4 heteroatoms. The summed E-state index contributed by atoms with van der Waals surface area (Å²) in [6, 6.07) is 2.02. The Balaban J connectivity index is 2.16. The highest BCUT2D eigenvalue weighted by Gasteiger charge is 2.15. The number of nitrogens with zero attached hydrogens (tertiary/aromatic N) is 3. The molecule has 16 heavy (non-hydrogen) atoms. The molecule has 1 unspecified atom stereocenters. The van der Waals surface area contributed by atoms with Gasteiger partial charge in [0.15, 0.2) is 0 Å². The summed E-state index contributed by atoms with van der Waals surface area (Å²) in [6.07, 6.45) is 3.79. The highest BCUT2D eigenvalue weighted by Crippen LogP contribution is 2.21. The van der Waals surface area contributed by atoms with Crippen molar-refractivity contribution in [3.05, 3.63) is 11.8 Å². The van der Waals surface area contributed by atoms with Gasteiger partial charge in [0, 0.05) is 24.8 Å². The van der Waals surface area contributed by atoms with Gasteiger partial charge in [-0.05, 0) is 32.1 Å². The number of hydrogen-bond donors (Lipinski definition) is 1. The van der Waals surface area contributed by atoms with Crippen LogP contribution in [0.1, 0.15) is 31.9 Å². The summed E-state index contributed by atoms with van der Waals surface area (Å²) in [6.45, 7) is 6.45. The van der Waals surface area contributed by atoms with E-state index in [-0.39, 0.29) is 0 Å². The van der Waals surface area contributed by atoms with Crippen molar-refractivity contribution >= 4 is 11.8 Å². The molecule has 1 aliphatic heterocycles. The highest BCUT2D eigenvalue weighted by molar-refractivity contribution is 5.43. The molecule has 0 amide bonds. The summed E-state index contributed by atoms with van der Waals surface area (Å²) in [4.78, 5) is 10.8. The van der Waals surface area contributed by atoms with E-state index < -0.39 is 0 Å². The molecule has 1 atom stereocenters. The van der Waals surface area contributed by atoms with E-state index in [1.54, 1.807) is 0 Å². The van der Waals surface area contributed by atoms with E-state index >= 15 is 0 Å². The molecule has 0 aromatic carbocycles. The van der Waals surface area contributed by atoms with Crippen LogP contribution in [-0.2, 0) is 0 Å². The topological polar surface area (TPSA) is 55.0 Å². The third-order valence-electron chi connectivity index (χ3n) is 3.20. The maximum absolute atomic E-state index is 5.68. The molecule has 1 aliphatic rings. The van der Waals surface area contributed by atoms with Gasteiger partial charge in [-0.15, -0.1) is 0 Å². The first-order valence-corrected chi connectivity index (χ1v) is 6.01. The van der Waals surface area contributed by atoms with Crippen LogP contribution in [0.2, 0.25) is 0 Å². The van der Waals surface area contributed by atoms with E-state index in [4.69, 9.17) is 5.73 Å². The van der Waals surface area contributed by atoms with Gasteiger partial charge in [0.2, 0.25) is 5.95 Å². The molecule has 0 bridgehead atoms. The Labute approximate surface area is 96.9 Å². The van der Waals surface area contributed by atoms with Crippen LogP contribution in [0, 0.1) is 12.8 Å². The smallest absolute Gasteiger partial charge is 0.222 e. The Hall–Kier alpha value is -1.32. The quantitative estimate of drug-likeness (QED) is 0.786. The lowest BCUT2D eigenvalue weighted by Crippen LogP contribution is -2.25. The molecule has 2 rings (SSSR count). The lowest BCUT2D eigenvalue weighted by molar-refractivity contribution is 0.521. The van der Waals surface area contributed by atoms with Crippen LogP contribution in [0.15, 0.2) is 6.07 Å². The molecule has 0 radical (unpaired) electrons. The molecule has 1 aromatic heterocycles. The Morgan fingerprint density at radius 3 is 2.88 bits per heavy atom.